The zero-order valence-corrected chi connectivity index (χ0v) is 11.6. The van der Waals surface area contributed by atoms with E-state index in [-0.39, 0.29) is 18.3 Å². The normalized spacial score (nSPS) is 19.1. The van der Waals surface area contributed by atoms with Crippen molar-refractivity contribution in [3.05, 3.63) is 17.3 Å². The quantitative estimate of drug-likeness (QED) is 0.875. The number of hydrogen-bond donors (Lipinski definition) is 2. The average Bonchev–Trinajstić information content (AvgIpc) is 2.67. The van der Waals surface area contributed by atoms with E-state index < -0.39 is 0 Å². The van der Waals surface area contributed by atoms with Crippen LogP contribution < -0.4 is 10.6 Å². The Morgan fingerprint density at radius 1 is 1.56 bits per heavy atom. The van der Waals surface area contributed by atoms with Gasteiger partial charge in [-0.25, -0.2) is 4.98 Å². The fourth-order valence-electron chi connectivity index (χ4n) is 2.16. The molecule has 1 amide bonds. The van der Waals surface area contributed by atoms with Crippen molar-refractivity contribution in [2.75, 3.05) is 19.6 Å². The molecule has 18 heavy (non-hydrogen) atoms. The Balaban J connectivity index is 0.00000162. The minimum atomic E-state index is -0.159. The van der Waals surface area contributed by atoms with Gasteiger partial charge in [-0.1, -0.05) is 0 Å². The Morgan fingerprint density at radius 3 is 2.89 bits per heavy atom. The van der Waals surface area contributed by atoms with Crippen molar-refractivity contribution in [1.82, 2.24) is 15.6 Å². The van der Waals surface area contributed by atoms with Crippen LogP contribution in [0, 0.1) is 19.8 Å². The first-order chi connectivity index (χ1) is 8.16. The zero-order chi connectivity index (χ0) is 12.3. The van der Waals surface area contributed by atoms with E-state index in [1.165, 1.54) is 12.8 Å². The summed E-state index contributed by atoms with van der Waals surface area (Å²) in [6.07, 6.45) is 2.35. The lowest BCUT2D eigenvalue weighted by molar-refractivity contribution is 0.0915. The van der Waals surface area contributed by atoms with Gasteiger partial charge in [0.1, 0.15) is 0 Å². The highest BCUT2D eigenvalue weighted by molar-refractivity contribution is 5.92. The molecule has 1 aromatic rings. The summed E-state index contributed by atoms with van der Waals surface area (Å²) in [4.78, 5) is 15.9. The van der Waals surface area contributed by atoms with Crippen molar-refractivity contribution in [2.45, 2.75) is 26.7 Å². The highest BCUT2D eigenvalue weighted by Crippen LogP contribution is 2.11. The number of carbonyl (C=O) groups is 1. The van der Waals surface area contributed by atoms with E-state index in [1.54, 1.807) is 13.8 Å². The van der Waals surface area contributed by atoms with E-state index >= 15 is 0 Å². The summed E-state index contributed by atoms with van der Waals surface area (Å²) in [5, 5.41) is 6.24. The second-order valence-electron chi connectivity index (χ2n) is 4.57. The van der Waals surface area contributed by atoms with Crippen molar-refractivity contribution in [1.29, 1.82) is 0 Å². The van der Waals surface area contributed by atoms with Crippen molar-refractivity contribution in [2.24, 2.45) is 5.92 Å². The third kappa shape index (κ3) is 3.71. The molecule has 5 nitrogen and oxygen atoms in total. The van der Waals surface area contributed by atoms with Gasteiger partial charge in [-0.15, -0.1) is 12.4 Å². The summed E-state index contributed by atoms with van der Waals surface area (Å²) in [7, 11) is 0. The Morgan fingerprint density at radius 2 is 2.33 bits per heavy atom. The van der Waals surface area contributed by atoms with Gasteiger partial charge in [-0.05, 0) is 38.8 Å². The Hall–Kier alpha value is -1.07. The van der Waals surface area contributed by atoms with Gasteiger partial charge >= 0.3 is 0 Å². The number of oxazole rings is 1. The van der Waals surface area contributed by atoms with Crippen LogP contribution in [0.3, 0.4) is 0 Å². The van der Waals surface area contributed by atoms with Gasteiger partial charge < -0.3 is 15.1 Å². The van der Waals surface area contributed by atoms with Crippen molar-refractivity contribution in [3.63, 3.8) is 0 Å². The minimum Gasteiger partial charge on any atom is -0.436 e. The second-order valence-corrected chi connectivity index (χ2v) is 4.57. The Kier molecular flexibility index (Phi) is 5.62. The van der Waals surface area contributed by atoms with Crippen LogP contribution in [0.4, 0.5) is 0 Å². The molecule has 0 saturated carbocycles. The van der Waals surface area contributed by atoms with Gasteiger partial charge in [0.2, 0.25) is 5.76 Å². The molecule has 1 atom stereocenters. The molecule has 1 saturated heterocycles. The standard InChI is InChI=1S/C12H19N3O2.ClH/c1-8-11(17-9(2)15-8)12(16)14-7-10-4-3-5-13-6-10;/h10,13H,3-7H2,1-2H3,(H,14,16);1H. The molecule has 1 unspecified atom stereocenters. The van der Waals surface area contributed by atoms with Crippen molar-refractivity contribution < 1.29 is 9.21 Å². The second kappa shape index (κ2) is 6.75. The van der Waals surface area contributed by atoms with Gasteiger partial charge in [0.05, 0.1) is 5.69 Å². The smallest absolute Gasteiger partial charge is 0.289 e. The number of carbonyl (C=O) groups excluding carboxylic acids is 1. The fourth-order valence-corrected chi connectivity index (χ4v) is 2.16. The van der Waals surface area contributed by atoms with Gasteiger partial charge in [0.15, 0.2) is 5.89 Å². The van der Waals surface area contributed by atoms with Crippen molar-refractivity contribution in [3.8, 4) is 0 Å². The number of halogens is 1. The van der Waals surface area contributed by atoms with Gasteiger partial charge in [-0.3, -0.25) is 4.79 Å². The van der Waals surface area contributed by atoms with Crippen LogP contribution in [0.25, 0.3) is 0 Å². The van der Waals surface area contributed by atoms with Crippen LogP contribution in [0.5, 0.6) is 0 Å². The third-order valence-corrected chi connectivity index (χ3v) is 3.06. The minimum absolute atomic E-state index is 0. The zero-order valence-electron chi connectivity index (χ0n) is 10.8. The van der Waals surface area contributed by atoms with Gasteiger partial charge in [-0.2, -0.15) is 0 Å². The number of aryl methyl sites for hydroxylation is 2. The average molecular weight is 274 g/mol. The molecule has 2 rings (SSSR count). The Labute approximate surface area is 113 Å². The lowest BCUT2D eigenvalue weighted by Crippen LogP contribution is -2.38. The van der Waals surface area contributed by atoms with Gasteiger partial charge in [0, 0.05) is 13.5 Å². The van der Waals surface area contributed by atoms with E-state index in [0.717, 1.165) is 13.1 Å². The first-order valence-electron chi connectivity index (χ1n) is 6.09. The van der Waals surface area contributed by atoms with Crippen molar-refractivity contribution >= 4 is 18.3 Å². The van der Waals surface area contributed by atoms with Crippen LogP contribution in [0.2, 0.25) is 0 Å². The van der Waals surface area contributed by atoms with Crippen LogP contribution in [0.15, 0.2) is 4.42 Å². The summed E-state index contributed by atoms with van der Waals surface area (Å²) in [6, 6.07) is 0. The van der Waals surface area contributed by atoms with E-state index in [1.807, 2.05) is 0 Å². The number of aromatic nitrogens is 1. The summed E-state index contributed by atoms with van der Waals surface area (Å²) in [5.41, 5.74) is 0.654. The van der Waals surface area contributed by atoms with E-state index in [9.17, 15) is 4.79 Å². The fraction of sp³-hybridized carbons (Fsp3) is 0.667. The molecule has 1 aliphatic heterocycles. The van der Waals surface area contributed by atoms with Crippen LogP contribution in [-0.4, -0.2) is 30.5 Å². The summed E-state index contributed by atoms with van der Waals surface area (Å²) >= 11 is 0. The predicted octanol–water partition coefficient (Wildman–Crippen LogP) is 1.44. The first-order valence-corrected chi connectivity index (χ1v) is 6.09. The molecular formula is C12H20ClN3O2. The van der Waals surface area contributed by atoms with E-state index in [2.05, 4.69) is 15.6 Å². The number of nitrogens with one attached hydrogen (secondary N) is 2. The maximum Gasteiger partial charge on any atom is 0.289 e. The molecule has 0 bridgehead atoms. The number of rotatable bonds is 3. The summed E-state index contributed by atoms with van der Waals surface area (Å²) < 4.78 is 5.28. The molecule has 1 aliphatic rings. The monoisotopic (exact) mass is 273 g/mol. The van der Waals surface area contributed by atoms with E-state index in [4.69, 9.17) is 4.42 Å². The molecule has 0 radical (unpaired) electrons. The summed E-state index contributed by atoms with van der Waals surface area (Å²) in [5.74, 6) is 1.24. The molecule has 2 heterocycles. The number of hydrogen-bond acceptors (Lipinski definition) is 4. The third-order valence-electron chi connectivity index (χ3n) is 3.06. The SMILES string of the molecule is Cc1nc(C)c(C(=O)NCC2CCCNC2)o1.Cl. The molecular weight excluding hydrogens is 254 g/mol. The lowest BCUT2D eigenvalue weighted by Gasteiger charge is -2.22. The van der Waals surface area contributed by atoms with Crippen LogP contribution >= 0.6 is 12.4 Å². The molecule has 1 fully saturated rings. The maximum absolute atomic E-state index is 11.9. The highest BCUT2D eigenvalue weighted by atomic mass is 35.5. The Bertz CT molecular complexity index is 400. The number of piperidine rings is 1. The van der Waals surface area contributed by atoms with Crippen LogP contribution in [0.1, 0.15) is 35.0 Å². The molecule has 0 aromatic carbocycles. The number of amides is 1. The molecule has 0 spiro atoms. The van der Waals surface area contributed by atoms with Crippen LogP contribution in [-0.2, 0) is 0 Å². The highest BCUT2D eigenvalue weighted by Gasteiger charge is 2.18. The first kappa shape index (κ1) is 15.0. The molecule has 102 valence electrons. The topological polar surface area (TPSA) is 67.2 Å². The molecule has 1 aromatic heterocycles. The molecule has 2 N–H and O–H groups in total. The largest absolute Gasteiger partial charge is 0.436 e. The maximum atomic E-state index is 11.9. The number of nitrogens with zero attached hydrogens (tertiary/aromatic N) is 1. The predicted molar refractivity (Wildman–Crippen MR) is 71.2 cm³/mol. The molecule has 0 aliphatic carbocycles. The van der Waals surface area contributed by atoms with E-state index in [0.29, 0.717) is 29.8 Å². The summed E-state index contributed by atoms with van der Waals surface area (Å²) in [6.45, 7) is 6.30. The van der Waals surface area contributed by atoms with Gasteiger partial charge in [0.25, 0.3) is 5.91 Å². The lowest BCUT2D eigenvalue weighted by atomic mass is 10.00. The molecule has 6 heteroatoms.